The Bertz CT molecular complexity index is 1940. The molecule has 0 atom stereocenters. The van der Waals surface area contributed by atoms with E-state index in [1.165, 1.54) is 44.6 Å². The average molecular weight is 585 g/mol. The average Bonchev–Trinajstić information content (AvgIpc) is 3.03. The van der Waals surface area contributed by atoms with Gasteiger partial charge in [-0.05, 0) is 152 Å². The molecule has 45 heavy (non-hydrogen) atoms. The van der Waals surface area contributed by atoms with Crippen LogP contribution in [0.4, 0.5) is 34.1 Å². The highest BCUT2D eigenvalue weighted by atomic mass is 15.1. The fourth-order valence-electron chi connectivity index (χ4n) is 6.17. The van der Waals surface area contributed by atoms with Crippen LogP contribution in [0, 0.1) is 34.6 Å². The van der Waals surface area contributed by atoms with Crippen molar-refractivity contribution in [3.05, 3.63) is 173 Å². The highest BCUT2D eigenvalue weighted by Crippen LogP contribution is 2.41. The molecule has 0 unspecified atom stereocenters. The molecular weight excluding hydrogens is 544 g/mol. The van der Waals surface area contributed by atoms with Crippen molar-refractivity contribution in [1.82, 2.24) is 0 Å². The standard InChI is InChI=1S/C43H40N2/c1-7-35-19-22-41(29-32(35)4)44(38-15-9-8-10-16-38)42-23-20-36(27-33(42)5)37-21-24-43(34(6)28-37)45(39-17-11-13-30(2)25-39)40-18-12-14-31(3)26-40/h7-29H,1H2,2-6H3. The highest BCUT2D eigenvalue weighted by molar-refractivity contribution is 5.84. The molecule has 0 bridgehead atoms. The summed E-state index contributed by atoms with van der Waals surface area (Å²) in [7, 11) is 0. The van der Waals surface area contributed by atoms with Gasteiger partial charge in [0.1, 0.15) is 0 Å². The first kappa shape index (κ1) is 29.7. The normalized spacial score (nSPS) is 10.9. The molecule has 0 amide bonds. The molecule has 0 aliphatic carbocycles. The number of benzene rings is 6. The molecule has 0 aliphatic heterocycles. The minimum atomic E-state index is 1.13. The lowest BCUT2D eigenvalue weighted by Gasteiger charge is -2.28. The van der Waals surface area contributed by atoms with E-state index in [9.17, 15) is 0 Å². The van der Waals surface area contributed by atoms with E-state index in [1.807, 2.05) is 6.08 Å². The van der Waals surface area contributed by atoms with Gasteiger partial charge in [0.05, 0.1) is 0 Å². The van der Waals surface area contributed by atoms with Crippen molar-refractivity contribution in [2.24, 2.45) is 0 Å². The molecule has 0 saturated heterocycles. The van der Waals surface area contributed by atoms with Gasteiger partial charge in [0.25, 0.3) is 0 Å². The molecule has 0 fully saturated rings. The Morgan fingerprint density at radius 3 is 1.38 bits per heavy atom. The maximum absolute atomic E-state index is 3.98. The summed E-state index contributed by atoms with van der Waals surface area (Å²) in [5.41, 5.74) is 16.6. The lowest BCUT2D eigenvalue weighted by atomic mass is 9.98. The third kappa shape index (κ3) is 6.18. The molecule has 6 rings (SSSR count). The fraction of sp³-hybridized carbons (Fsp3) is 0.116. The largest absolute Gasteiger partial charge is 0.310 e. The van der Waals surface area contributed by atoms with E-state index >= 15 is 0 Å². The molecule has 0 radical (unpaired) electrons. The van der Waals surface area contributed by atoms with E-state index < -0.39 is 0 Å². The summed E-state index contributed by atoms with van der Waals surface area (Å²) in [5.74, 6) is 0. The number of para-hydroxylation sites is 1. The Labute approximate surface area is 268 Å². The fourth-order valence-corrected chi connectivity index (χ4v) is 6.17. The van der Waals surface area contributed by atoms with Gasteiger partial charge in [-0.15, -0.1) is 0 Å². The number of anilines is 6. The second kappa shape index (κ2) is 12.7. The van der Waals surface area contributed by atoms with Gasteiger partial charge in [-0.1, -0.05) is 73.3 Å². The lowest BCUT2D eigenvalue weighted by molar-refractivity contribution is 1.23. The maximum Gasteiger partial charge on any atom is 0.0491 e. The van der Waals surface area contributed by atoms with Gasteiger partial charge in [0.2, 0.25) is 0 Å². The Balaban J connectivity index is 1.39. The Morgan fingerprint density at radius 2 is 0.911 bits per heavy atom. The third-order valence-corrected chi connectivity index (χ3v) is 8.47. The summed E-state index contributed by atoms with van der Waals surface area (Å²) >= 11 is 0. The van der Waals surface area contributed by atoms with Crippen molar-refractivity contribution in [2.45, 2.75) is 34.6 Å². The van der Waals surface area contributed by atoms with E-state index in [-0.39, 0.29) is 0 Å². The summed E-state index contributed by atoms with van der Waals surface area (Å²) in [5, 5.41) is 0. The van der Waals surface area contributed by atoms with Crippen LogP contribution in [0.3, 0.4) is 0 Å². The van der Waals surface area contributed by atoms with Crippen molar-refractivity contribution in [1.29, 1.82) is 0 Å². The molecule has 222 valence electrons. The van der Waals surface area contributed by atoms with Crippen LogP contribution >= 0.6 is 0 Å². The van der Waals surface area contributed by atoms with Crippen LogP contribution in [-0.2, 0) is 0 Å². The first-order chi connectivity index (χ1) is 21.8. The van der Waals surface area contributed by atoms with Crippen LogP contribution in [0.1, 0.15) is 33.4 Å². The van der Waals surface area contributed by atoms with Crippen LogP contribution in [0.25, 0.3) is 17.2 Å². The first-order valence-electron chi connectivity index (χ1n) is 15.6. The lowest BCUT2D eigenvalue weighted by Crippen LogP contribution is -2.12. The molecule has 0 spiro atoms. The van der Waals surface area contributed by atoms with Gasteiger partial charge in [0.15, 0.2) is 0 Å². The first-order valence-corrected chi connectivity index (χ1v) is 15.6. The summed E-state index contributed by atoms with van der Waals surface area (Å²) in [6.07, 6.45) is 1.92. The van der Waals surface area contributed by atoms with Gasteiger partial charge in [0, 0.05) is 34.1 Å². The molecule has 0 N–H and O–H groups in total. The van der Waals surface area contributed by atoms with Crippen LogP contribution in [0.15, 0.2) is 140 Å². The van der Waals surface area contributed by atoms with Gasteiger partial charge in [-0.25, -0.2) is 0 Å². The van der Waals surface area contributed by atoms with Crippen molar-refractivity contribution < 1.29 is 0 Å². The Kier molecular flexibility index (Phi) is 8.40. The minimum absolute atomic E-state index is 1.13. The second-order valence-corrected chi connectivity index (χ2v) is 11.9. The van der Waals surface area contributed by atoms with E-state index in [1.54, 1.807) is 0 Å². The quantitative estimate of drug-likeness (QED) is 0.176. The SMILES string of the molecule is C=Cc1ccc(N(c2ccccc2)c2ccc(-c3ccc(N(c4cccc(C)c4)c4cccc(C)c4)c(C)c3)cc2C)cc1C. The van der Waals surface area contributed by atoms with E-state index in [0.717, 1.165) is 34.0 Å². The van der Waals surface area contributed by atoms with Crippen LogP contribution < -0.4 is 9.80 Å². The summed E-state index contributed by atoms with van der Waals surface area (Å²) in [6.45, 7) is 14.8. The minimum Gasteiger partial charge on any atom is -0.310 e. The number of hydrogen-bond acceptors (Lipinski definition) is 2. The molecule has 6 aromatic carbocycles. The summed E-state index contributed by atoms with van der Waals surface area (Å²) in [4.78, 5) is 4.71. The van der Waals surface area contributed by atoms with Crippen molar-refractivity contribution in [3.8, 4) is 11.1 Å². The van der Waals surface area contributed by atoms with E-state index in [0.29, 0.717) is 0 Å². The molecule has 0 heterocycles. The predicted molar refractivity (Wildman–Crippen MR) is 195 cm³/mol. The van der Waals surface area contributed by atoms with E-state index in [4.69, 9.17) is 0 Å². The molecule has 0 aliphatic rings. The molecule has 2 heteroatoms. The molecule has 0 saturated carbocycles. The van der Waals surface area contributed by atoms with E-state index in [2.05, 4.69) is 184 Å². The molecule has 2 nitrogen and oxygen atoms in total. The smallest absolute Gasteiger partial charge is 0.0491 e. The topological polar surface area (TPSA) is 6.48 Å². The predicted octanol–water partition coefficient (Wildman–Crippen LogP) is 12.5. The number of rotatable bonds is 8. The summed E-state index contributed by atoms with van der Waals surface area (Å²) < 4.78 is 0. The highest BCUT2D eigenvalue weighted by Gasteiger charge is 2.18. The van der Waals surface area contributed by atoms with Gasteiger partial charge < -0.3 is 9.80 Å². The Morgan fingerprint density at radius 1 is 0.422 bits per heavy atom. The monoisotopic (exact) mass is 584 g/mol. The zero-order chi connectivity index (χ0) is 31.5. The van der Waals surface area contributed by atoms with Crippen LogP contribution in [0.5, 0.6) is 0 Å². The molecule has 0 aromatic heterocycles. The third-order valence-electron chi connectivity index (χ3n) is 8.47. The van der Waals surface area contributed by atoms with Crippen molar-refractivity contribution in [2.75, 3.05) is 9.80 Å². The zero-order valence-corrected chi connectivity index (χ0v) is 26.9. The number of nitrogens with zero attached hydrogens (tertiary/aromatic N) is 2. The maximum atomic E-state index is 3.98. The second-order valence-electron chi connectivity index (χ2n) is 11.9. The van der Waals surface area contributed by atoms with Crippen molar-refractivity contribution >= 4 is 40.2 Å². The Hall–Kier alpha value is -5.34. The molecular formula is C43H40N2. The molecule has 6 aromatic rings. The van der Waals surface area contributed by atoms with Crippen LogP contribution in [-0.4, -0.2) is 0 Å². The van der Waals surface area contributed by atoms with Crippen molar-refractivity contribution in [3.63, 3.8) is 0 Å². The van der Waals surface area contributed by atoms with Gasteiger partial charge in [-0.3, -0.25) is 0 Å². The van der Waals surface area contributed by atoms with Gasteiger partial charge >= 0.3 is 0 Å². The van der Waals surface area contributed by atoms with Gasteiger partial charge in [-0.2, -0.15) is 0 Å². The van der Waals surface area contributed by atoms with Crippen LogP contribution in [0.2, 0.25) is 0 Å². The number of hydrogen-bond donors (Lipinski definition) is 0. The number of aryl methyl sites for hydroxylation is 5. The summed E-state index contributed by atoms with van der Waals surface area (Å²) in [6, 6.07) is 48.3. The zero-order valence-electron chi connectivity index (χ0n) is 26.9.